The van der Waals surface area contributed by atoms with Crippen molar-refractivity contribution in [3.05, 3.63) is 53.4 Å². The van der Waals surface area contributed by atoms with Crippen LogP contribution in [0.15, 0.2) is 29.2 Å². The summed E-state index contributed by atoms with van der Waals surface area (Å²) < 4.78 is 97.2. The Hall–Kier alpha value is -2.30. The van der Waals surface area contributed by atoms with E-state index in [2.05, 4.69) is 5.09 Å². The molecule has 2 aromatic rings. The fourth-order valence-corrected chi connectivity index (χ4v) is 4.73. The maximum atomic E-state index is 14.2. The molecular weight excluding hydrogens is 504 g/mol. The van der Waals surface area contributed by atoms with Crippen LogP contribution in [0, 0.1) is 29.1 Å². The molecule has 2 aromatic carbocycles. The van der Waals surface area contributed by atoms with Crippen molar-refractivity contribution in [1.82, 2.24) is 5.09 Å². The minimum absolute atomic E-state index is 0.120. The van der Waals surface area contributed by atoms with Gasteiger partial charge in [-0.3, -0.25) is 4.79 Å². The molecule has 0 aliphatic carbocycles. The Morgan fingerprint density at radius 1 is 0.941 bits per heavy atom. The molecule has 0 saturated heterocycles. The second kappa shape index (κ2) is 11.9. The monoisotopic (exact) mass is 527 g/mol. The lowest BCUT2D eigenvalue weighted by molar-refractivity contribution is -0.149. The third kappa shape index (κ3) is 7.10. The van der Waals surface area contributed by atoms with Gasteiger partial charge in [0.2, 0.25) is 34.8 Å². The summed E-state index contributed by atoms with van der Waals surface area (Å²) in [6, 6.07) is 4.54. The predicted octanol–water partition coefficient (Wildman–Crippen LogP) is 6.38. The lowest BCUT2D eigenvalue weighted by atomic mass is 10.3. The average molecular weight is 527 g/mol. The van der Waals surface area contributed by atoms with E-state index in [1.165, 1.54) is 30.8 Å². The largest absolute Gasteiger partial charge is 0.513 e. The van der Waals surface area contributed by atoms with Crippen molar-refractivity contribution in [2.75, 3.05) is 5.75 Å². The zero-order chi connectivity index (χ0) is 25.6. The number of rotatable bonds is 11. The molecule has 0 aliphatic heterocycles. The molecule has 13 heteroatoms. The van der Waals surface area contributed by atoms with Crippen LogP contribution in [0.5, 0.6) is 11.5 Å². The van der Waals surface area contributed by atoms with Gasteiger partial charge in [0.25, 0.3) is 0 Å². The van der Waals surface area contributed by atoms with Crippen molar-refractivity contribution >= 4 is 25.5 Å². The summed E-state index contributed by atoms with van der Waals surface area (Å²) in [7, 11) is -4.95. The van der Waals surface area contributed by atoms with Crippen LogP contribution in [-0.2, 0) is 14.1 Å². The van der Waals surface area contributed by atoms with Crippen LogP contribution < -0.4 is 14.1 Å². The minimum atomic E-state index is -4.95. The second-order valence-corrected chi connectivity index (χ2v) is 10.0. The van der Waals surface area contributed by atoms with Crippen LogP contribution >= 0.6 is 19.5 Å². The molecule has 1 N–H and O–H groups in total. The Balaban J connectivity index is 2.42. The van der Waals surface area contributed by atoms with Gasteiger partial charge in [-0.2, -0.15) is 13.9 Å². The van der Waals surface area contributed by atoms with E-state index in [9.17, 15) is 31.3 Å². The number of carbonyl (C=O) groups is 1. The van der Waals surface area contributed by atoms with Crippen molar-refractivity contribution < 1.29 is 45.1 Å². The summed E-state index contributed by atoms with van der Waals surface area (Å²) >= 11 is 1.53. The van der Waals surface area contributed by atoms with Gasteiger partial charge in [-0.15, -0.1) is 11.8 Å². The summed E-state index contributed by atoms with van der Waals surface area (Å²) in [5.41, 5.74) is 0. The molecule has 0 amide bonds. The molecule has 2 rings (SSSR count). The predicted molar refractivity (Wildman–Crippen MR) is 116 cm³/mol. The Morgan fingerprint density at radius 2 is 1.47 bits per heavy atom. The van der Waals surface area contributed by atoms with Crippen molar-refractivity contribution in [1.29, 1.82) is 0 Å². The minimum Gasteiger partial charge on any atom is -0.462 e. The smallest absolute Gasteiger partial charge is 0.462 e. The van der Waals surface area contributed by atoms with Gasteiger partial charge >= 0.3 is 13.7 Å². The lowest BCUT2D eigenvalue weighted by Crippen LogP contribution is -2.37. The van der Waals surface area contributed by atoms with Crippen molar-refractivity contribution in [3.63, 3.8) is 0 Å². The van der Waals surface area contributed by atoms with Gasteiger partial charge < -0.3 is 13.8 Å². The van der Waals surface area contributed by atoms with Crippen LogP contribution in [-0.4, -0.2) is 23.9 Å². The highest BCUT2D eigenvalue weighted by Crippen LogP contribution is 2.47. The van der Waals surface area contributed by atoms with E-state index < -0.39 is 60.7 Å². The van der Waals surface area contributed by atoms with Gasteiger partial charge in [-0.25, -0.2) is 17.7 Å². The van der Waals surface area contributed by atoms with Crippen LogP contribution in [0.25, 0.3) is 0 Å². The zero-order valence-electron chi connectivity index (χ0n) is 18.7. The first-order chi connectivity index (χ1) is 15.9. The van der Waals surface area contributed by atoms with Crippen LogP contribution in [0.1, 0.15) is 34.1 Å². The summed E-state index contributed by atoms with van der Waals surface area (Å²) in [6.45, 7) is 6.27. The Kier molecular flexibility index (Phi) is 9.78. The Bertz CT molecular complexity index is 1040. The fraction of sp³-hybridized carbons (Fsp3) is 0.381. The summed E-state index contributed by atoms with van der Waals surface area (Å²) in [4.78, 5) is 13.0. The highest BCUT2D eigenvalue weighted by molar-refractivity contribution is 7.99. The van der Waals surface area contributed by atoms with E-state index in [4.69, 9.17) is 13.8 Å². The fourth-order valence-electron chi connectivity index (χ4n) is 2.44. The van der Waals surface area contributed by atoms with E-state index in [0.717, 1.165) is 17.1 Å². The first-order valence-corrected chi connectivity index (χ1v) is 12.6. The molecule has 0 aromatic heterocycles. The number of ether oxygens (including phenoxy) is 1. The first kappa shape index (κ1) is 27.9. The third-order valence-corrected chi connectivity index (χ3v) is 6.76. The molecular formula is C21H23F5NO5PS. The molecule has 0 radical (unpaired) electrons. The second-order valence-electron chi connectivity index (χ2n) is 7.24. The molecule has 0 heterocycles. The summed E-state index contributed by atoms with van der Waals surface area (Å²) in [5.74, 6) is -13.8. The molecule has 6 nitrogen and oxygen atoms in total. The standard InChI is InChI=1S/C21H23F5NO5PS/c1-5-10-34-14-8-6-13(7-9-14)31-33(29,27-12(4)21(28)30-11(2)3)32-20-18(25)16(23)15(22)17(24)19(20)26/h6-9,11-12H,5,10H2,1-4H3,(H,27,29)/t12-,33-/m0/s1. The van der Waals surface area contributed by atoms with E-state index >= 15 is 0 Å². The molecule has 0 bridgehead atoms. The number of halogens is 5. The number of nitrogens with one attached hydrogen (secondary N) is 1. The van der Waals surface area contributed by atoms with Gasteiger partial charge in [0, 0.05) is 4.90 Å². The van der Waals surface area contributed by atoms with Gasteiger partial charge in [0.15, 0.2) is 0 Å². The Morgan fingerprint density at radius 3 is 1.97 bits per heavy atom. The number of carbonyl (C=O) groups excluding carboxylic acids is 1. The van der Waals surface area contributed by atoms with Gasteiger partial charge in [-0.1, -0.05) is 6.92 Å². The molecule has 0 unspecified atom stereocenters. The Labute approximate surface area is 197 Å². The van der Waals surface area contributed by atoms with Crippen molar-refractivity contribution in [2.45, 2.75) is 51.2 Å². The summed E-state index contributed by atoms with van der Waals surface area (Å²) in [5, 5.41) is 2.11. The first-order valence-electron chi connectivity index (χ1n) is 10.1. The SMILES string of the molecule is CCCSc1ccc(O[P@@](=O)(N[C@@H](C)C(=O)OC(C)C)Oc2c(F)c(F)c(F)c(F)c2F)cc1. The van der Waals surface area contributed by atoms with Crippen LogP contribution in [0.2, 0.25) is 0 Å². The number of benzene rings is 2. The number of hydrogen-bond acceptors (Lipinski definition) is 6. The van der Waals surface area contributed by atoms with Crippen molar-refractivity contribution in [2.24, 2.45) is 0 Å². The molecule has 2 atom stereocenters. The molecule has 0 spiro atoms. The van der Waals surface area contributed by atoms with E-state index in [1.807, 2.05) is 6.92 Å². The third-order valence-electron chi connectivity index (χ3n) is 3.96. The topological polar surface area (TPSA) is 73.9 Å². The highest BCUT2D eigenvalue weighted by atomic mass is 32.2. The molecule has 0 fully saturated rings. The van der Waals surface area contributed by atoms with E-state index in [0.29, 0.717) is 0 Å². The number of hydrogen-bond donors (Lipinski definition) is 1. The van der Waals surface area contributed by atoms with Gasteiger partial charge in [0.1, 0.15) is 11.8 Å². The van der Waals surface area contributed by atoms with Crippen LogP contribution in [0.4, 0.5) is 22.0 Å². The molecule has 34 heavy (non-hydrogen) atoms. The summed E-state index contributed by atoms with van der Waals surface area (Å²) in [6.07, 6.45) is 0.364. The molecule has 188 valence electrons. The highest BCUT2D eigenvalue weighted by Gasteiger charge is 2.38. The maximum Gasteiger partial charge on any atom is 0.513 e. The zero-order valence-corrected chi connectivity index (χ0v) is 20.4. The molecule has 0 saturated carbocycles. The maximum absolute atomic E-state index is 14.2. The molecule has 0 aliphatic rings. The normalized spacial score (nSPS) is 13.9. The van der Waals surface area contributed by atoms with Gasteiger partial charge in [-0.05, 0) is 57.2 Å². The number of thioether (sulfide) groups is 1. The van der Waals surface area contributed by atoms with Gasteiger partial charge in [0.05, 0.1) is 6.10 Å². The lowest BCUT2D eigenvalue weighted by Gasteiger charge is -2.24. The average Bonchev–Trinajstić information content (AvgIpc) is 2.78. The van der Waals surface area contributed by atoms with E-state index in [1.54, 1.807) is 26.0 Å². The van der Waals surface area contributed by atoms with Crippen LogP contribution in [0.3, 0.4) is 0 Å². The van der Waals surface area contributed by atoms with Crippen molar-refractivity contribution in [3.8, 4) is 11.5 Å². The number of esters is 1. The quantitative estimate of drug-likeness (QED) is 0.0908. The van der Waals surface area contributed by atoms with E-state index in [-0.39, 0.29) is 5.75 Å².